The lowest BCUT2D eigenvalue weighted by Gasteiger charge is -2.12. The number of carbonyl (C=O) groups excluding carboxylic acids is 1. The maximum Gasteiger partial charge on any atom is 0.242 e. The summed E-state index contributed by atoms with van der Waals surface area (Å²) in [5.41, 5.74) is 2.83. The van der Waals surface area contributed by atoms with Gasteiger partial charge in [-0.2, -0.15) is 0 Å². The molecule has 18 heavy (non-hydrogen) atoms. The van der Waals surface area contributed by atoms with E-state index in [2.05, 4.69) is 5.32 Å². The number of nitrogens with one attached hydrogen (secondary N) is 1. The molecule has 1 atom stereocenters. The first-order valence-electron chi connectivity index (χ1n) is 5.78. The Hall–Kier alpha value is -1.80. The summed E-state index contributed by atoms with van der Waals surface area (Å²) >= 11 is 5.76. The first-order valence-corrected chi connectivity index (χ1v) is 6.21. The van der Waals surface area contributed by atoms with E-state index in [0.717, 1.165) is 16.8 Å². The van der Waals surface area contributed by atoms with Crippen LogP contribution >= 0.6 is 11.6 Å². The van der Waals surface area contributed by atoms with Crippen molar-refractivity contribution in [2.75, 3.05) is 5.32 Å². The van der Waals surface area contributed by atoms with Crippen molar-refractivity contribution in [1.29, 1.82) is 0 Å². The Morgan fingerprint density at radius 3 is 2.33 bits per heavy atom. The largest absolute Gasteiger partial charge is 0.324 e. The summed E-state index contributed by atoms with van der Waals surface area (Å²) in [5.74, 6) is -0.194. The Morgan fingerprint density at radius 2 is 1.67 bits per heavy atom. The van der Waals surface area contributed by atoms with Crippen LogP contribution in [0.15, 0.2) is 54.6 Å². The van der Waals surface area contributed by atoms with Crippen molar-refractivity contribution in [2.24, 2.45) is 0 Å². The smallest absolute Gasteiger partial charge is 0.242 e. The third kappa shape index (κ3) is 2.90. The Morgan fingerprint density at radius 1 is 1.06 bits per heavy atom. The predicted molar refractivity (Wildman–Crippen MR) is 75.8 cm³/mol. The molecule has 0 spiro atoms. The van der Waals surface area contributed by atoms with Crippen LogP contribution in [0.5, 0.6) is 0 Å². The van der Waals surface area contributed by atoms with E-state index in [0.29, 0.717) is 0 Å². The summed E-state index contributed by atoms with van der Waals surface area (Å²) in [6.07, 6.45) is 0. The van der Waals surface area contributed by atoms with Crippen LogP contribution in [-0.4, -0.2) is 11.3 Å². The standard InChI is InChI=1S/C15H14ClNO/c1-11(16)15(18)17-14-10-6-5-9-13(14)12-7-3-2-4-8-12/h2-11H,1H3,(H,17,18)/t11-/m0/s1. The molecule has 0 aliphatic heterocycles. The molecular weight excluding hydrogens is 246 g/mol. The SMILES string of the molecule is C[C@H](Cl)C(=O)Nc1ccccc1-c1ccccc1. The first-order chi connectivity index (χ1) is 8.68. The van der Waals surface area contributed by atoms with Crippen LogP contribution in [0.3, 0.4) is 0 Å². The van der Waals surface area contributed by atoms with Gasteiger partial charge in [0.05, 0.1) is 0 Å². The number of hydrogen-bond donors (Lipinski definition) is 1. The molecule has 0 unspecified atom stereocenters. The van der Waals surface area contributed by atoms with E-state index >= 15 is 0 Å². The second kappa shape index (κ2) is 5.69. The van der Waals surface area contributed by atoms with Crippen LogP contribution < -0.4 is 5.32 Å². The van der Waals surface area contributed by atoms with Gasteiger partial charge in [0.1, 0.15) is 5.38 Å². The highest BCUT2D eigenvalue weighted by atomic mass is 35.5. The number of hydrogen-bond acceptors (Lipinski definition) is 1. The zero-order valence-electron chi connectivity index (χ0n) is 10.1. The predicted octanol–water partition coefficient (Wildman–Crippen LogP) is 3.92. The highest BCUT2D eigenvalue weighted by Gasteiger charge is 2.11. The number of alkyl halides is 1. The summed E-state index contributed by atoms with van der Waals surface area (Å²) in [5, 5.41) is 2.29. The zero-order chi connectivity index (χ0) is 13.0. The Labute approximate surface area is 112 Å². The van der Waals surface area contributed by atoms with Crippen LogP contribution in [0.4, 0.5) is 5.69 Å². The van der Waals surface area contributed by atoms with Gasteiger partial charge in [0.2, 0.25) is 5.91 Å². The molecule has 2 rings (SSSR count). The Balaban J connectivity index is 2.35. The van der Waals surface area contributed by atoms with E-state index in [1.165, 1.54) is 0 Å². The summed E-state index contributed by atoms with van der Waals surface area (Å²) in [6.45, 7) is 1.65. The van der Waals surface area contributed by atoms with Gasteiger partial charge in [0, 0.05) is 11.3 Å². The fourth-order valence-corrected chi connectivity index (χ4v) is 1.75. The fourth-order valence-electron chi connectivity index (χ4n) is 1.69. The molecule has 0 bridgehead atoms. The summed E-state index contributed by atoms with van der Waals surface area (Å²) < 4.78 is 0. The average Bonchev–Trinajstić information content (AvgIpc) is 2.40. The second-order valence-electron chi connectivity index (χ2n) is 4.02. The lowest BCUT2D eigenvalue weighted by Crippen LogP contribution is -2.20. The van der Waals surface area contributed by atoms with E-state index in [1.807, 2.05) is 54.6 Å². The molecule has 2 nitrogen and oxygen atoms in total. The molecule has 3 heteroatoms. The molecule has 0 saturated carbocycles. The van der Waals surface area contributed by atoms with Crippen molar-refractivity contribution in [3.8, 4) is 11.1 Å². The molecule has 0 fully saturated rings. The van der Waals surface area contributed by atoms with Gasteiger partial charge >= 0.3 is 0 Å². The molecule has 0 saturated heterocycles. The third-order valence-electron chi connectivity index (χ3n) is 2.63. The summed E-state index contributed by atoms with van der Waals surface area (Å²) in [6, 6.07) is 17.6. The van der Waals surface area contributed by atoms with Crippen LogP contribution in [-0.2, 0) is 4.79 Å². The van der Waals surface area contributed by atoms with Gasteiger partial charge in [0.25, 0.3) is 0 Å². The molecule has 0 aliphatic carbocycles. The average molecular weight is 260 g/mol. The zero-order valence-corrected chi connectivity index (χ0v) is 10.8. The minimum atomic E-state index is -0.547. The van der Waals surface area contributed by atoms with Crippen LogP contribution in [0, 0.1) is 0 Å². The lowest BCUT2D eigenvalue weighted by molar-refractivity contribution is -0.115. The highest BCUT2D eigenvalue weighted by Crippen LogP contribution is 2.27. The summed E-state index contributed by atoms with van der Waals surface area (Å²) in [7, 11) is 0. The van der Waals surface area contributed by atoms with Gasteiger partial charge in [0.15, 0.2) is 0 Å². The molecule has 1 amide bonds. The van der Waals surface area contributed by atoms with Crippen LogP contribution in [0.2, 0.25) is 0 Å². The number of benzene rings is 2. The van der Waals surface area contributed by atoms with Crippen molar-refractivity contribution >= 4 is 23.2 Å². The van der Waals surface area contributed by atoms with Crippen molar-refractivity contribution in [3.05, 3.63) is 54.6 Å². The third-order valence-corrected chi connectivity index (χ3v) is 2.83. The Bertz CT molecular complexity index is 537. The van der Waals surface area contributed by atoms with Crippen molar-refractivity contribution in [1.82, 2.24) is 0 Å². The van der Waals surface area contributed by atoms with E-state index in [1.54, 1.807) is 6.92 Å². The van der Waals surface area contributed by atoms with E-state index < -0.39 is 5.38 Å². The van der Waals surface area contributed by atoms with Gasteiger partial charge in [-0.25, -0.2) is 0 Å². The highest BCUT2D eigenvalue weighted by molar-refractivity contribution is 6.32. The normalized spacial score (nSPS) is 11.9. The summed E-state index contributed by atoms with van der Waals surface area (Å²) in [4.78, 5) is 11.7. The molecule has 0 radical (unpaired) electrons. The van der Waals surface area contributed by atoms with Gasteiger partial charge in [-0.15, -0.1) is 11.6 Å². The molecular formula is C15H14ClNO. The van der Waals surface area contributed by atoms with E-state index in [9.17, 15) is 4.79 Å². The van der Waals surface area contributed by atoms with Crippen molar-refractivity contribution in [2.45, 2.75) is 12.3 Å². The second-order valence-corrected chi connectivity index (χ2v) is 4.67. The molecule has 2 aromatic rings. The van der Waals surface area contributed by atoms with E-state index in [4.69, 9.17) is 11.6 Å². The quantitative estimate of drug-likeness (QED) is 0.832. The topological polar surface area (TPSA) is 29.1 Å². The van der Waals surface area contributed by atoms with E-state index in [-0.39, 0.29) is 5.91 Å². The minimum absolute atomic E-state index is 0.194. The molecule has 2 aromatic carbocycles. The fraction of sp³-hybridized carbons (Fsp3) is 0.133. The monoisotopic (exact) mass is 259 g/mol. The number of halogens is 1. The maximum atomic E-state index is 11.7. The van der Waals surface area contributed by atoms with Gasteiger partial charge in [-0.3, -0.25) is 4.79 Å². The van der Waals surface area contributed by atoms with Gasteiger partial charge < -0.3 is 5.32 Å². The number of carbonyl (C=O) groups is 1. The molecule has 0 aliphatic rings. The maximum absolute atomic E-state index is 11.7. The van der Waals surface area contributed by atoms with Crippen LogP contribution in [0.1, 0.15) is 6.92 Å². The molecule has 0 aromatic heterocycles. The molecule has 0 heterocycles. The minimum Gasteiger partial charge on any atom is -0.324 e. The lowest BCUT2D eigenvalue weighted by atomic mass is 10.0. The number of rotatable bonds is 3. The molecule has 92 valence electrons. The van der Waals surface area contributed by atoms with Crippen molar-refractivity contribution in [3.63, 3.8) is 0 Å². The number of anilines is 1. The van der Waals surface area contributed by atoms with Crippen molar-refractivity contribution < 1.29 is 4.79 Å². The first kappa shape index (κ1) is 12.7. The van der Waals surface area contributed by atoms with Crippen LogP contribution in [0.25, 0.3) is 11.1 Å². The molecule has 1 N–H and O–H groups in total. The number of para-hydroxylation sites is 1. The van der Waals surface area contributed by atoms with Gasteiger partial charge in [-0.1, -0.05) is 48.5 Å². The Kier molecular flexibility index (Phi) is 4.00. The van der Waals surface area contributed by atoms with Gasteiger partial charge in [-0.05, 0) is 18.6 Å². The number of amides is 1.